The highest BCUT2D eigenvalue weighted by Gasteiger charge is 2.21. The molecule has 2 aromatic carbocycles. The van der Waals surface area contributed by atoms with Crippen molar-refractivity contribution in [2.24, 2.45) is 0 Å². The summed E-state index contributed by atoms with van der Waals surface area (Å²) in [6.45, 7) is 3.58. The Kier molecular flexibility index (Phi) is 6.65. The number of carbonyl (C=O) groups is 2. The standard InChI is InChI=1S/C20H23N3O4/c1-14(21-20(25)16-8-5-4-6-9-16)12-19(24)22(3)15(2)17-10-7-11-18(13-17)23(26)27/h4-11,13-15H,12H2,1-3H3,(H,21,25)/t14-,15+/m0/s1. The molecular formula is C20H23N3O4. The minimum absolute atomic E-state index is 0.0105. The second-order valence-electron chi connectivity index (χ2n) is 6.48. The van der Waals surface area contributed by atoms with Gasteiger partial charge in [-0.05, 0) is 31.5 Å². The molecule has 0 bridgehead atoms. The zero-order chi connectivity index (χ0) is 20.0. The Balaban J connectivity index is 1.97. The third-order valence-corrected chi connectivity index (χ3v) is 4.43. The summed E-state index contributed by atoms with van der Waals surface area (Å²) in [6, 6.07) is 14.4. The van der Waals surface area contributed by atoms with Crippen LogP contribution in [0.1, 0.15) is 42.2 Å². The fourth-order valence-corrected chi connectivity index (χ4v) is 2.69. The molecule has 0 unspecified atom stereocenters. The minimum Gasteiger partial charge on any atom is -0.349 e. The van der Waals surface area contributed by atoms with Crippen molar-refractivity contribution < 1.29 is 14.5 Å². The number of nitrogens with zero attached hydrogens (tertiary/aromatic N) is 2. The highest BCUT2D eigenvalue weighted by Crippen LogP contribution is 2.23. The SMILES string of the molecule is C[C@H](c1cccc([N+](=O)[O-])c1)N(C)C(=O)C[C@H](C)NC(=O)c1ccccc1. The third kappa shape index (κ3) is 5.37. The molecule has 2 rings (SSSR count). The molecule has 7 nitrogen and oxygen atoms in total. The van der Waals surface area contributed by atoms with E-state index in [9.17, 15) is 19.7 Å². The zero-order valence-electron chi connectivity index (χ0n) is 15.6. The molecule has 0 heterocycles. The molecule has 0 aliphatic rings. The Morgan fingerprint density at radius 3 is 2.41 bits per heavy atom. The number of nitro benzene ring substituents is 1. The molecule has 142 valence electrons. The van der Waals surface area contributed by atoms with Gasteiger partial charge in [0.25, 0.3) is 11.6 Å². The first-order chi connectivity index (χ1) is 12.8. The van der Waals surface area contributed by atoms with Crippen molar-refractivity contribution in [1.29, 1.82) is 0 Å². The molecule has 2 atom stereocenters. The number of nitro groups is 1. The number of non-ortho nitro benzene ring substituents is 1. The topological polar surface area (TPSA) is 92.6 Å². The zero-order valence-corrected chi connectivity index (χ0v) is 15.6. The number of nitrogens with one attached hydrogen (secondary N) is 1. The van der Waals surface area contributed by atoms with Gasteiger partial charge in [0, 0.05) is 37.2 Å². The van der Waals surface area contributed by atoms with Crippen molar-refractivity contribution in [3.05, 3.63) is 75.8 Å². The molecule has 0 spiro atoms. The molecule has 2 amide bonds. The van der Waals surface area contributed by atoms with Gasteiger partial charge in [-0.15, -0.1) is 0 Å². The van der Waals surface area contributed by atoms with Crippen molar-refractivity contribution in [3.63, 3.8) is 0 Å². The molecule has 7 heteroatoms. The summed E-state index contributed by atoms with van der Waals surface area (Å²) in [5.74, 6) is -0.389. The molecule has 27 heavy (non-hydrogen) atoms. The summed E-state index contributed by atoms with van der Waals surface area (Å²) in [6.07, 6.45) is 0.133. The van der Waals surface area contributed by atoms with Gasteiger partial charge in [-0.2, -0.15) is 0 Å². The van der Waals surface area contributed by atoms with E-state index < -0.39 is 4.92 Å². The number of hydrogen-bond donors (Lipinski definition) is 1. The Morgan fingerprint density at radius 1 is 1.11 bits per heavy atom. The Hall–Kier alpha value is -3.22. The lowest BCUT2D eigenvalue weighted by Gasteiger charge is -2.26. The molecule has 0 fully saturated rings. The molecule has 0 radical (unpaired) electrons. The van der Waals surface area contributed by atoms with E-state index in [-0.39, 0.29) is 36.0 Å². The first-order valence-corrected chi connectivity index (χ1v) is 8.65. The highest BCUT2D eigenvalue weighted by molar-refractivity contribution is 5.94. The molecule has 0 saturated heterocycles. The van der Waals surface area contributed by atoms with Gasteiger partial charge in [0.1, 0.15) is 0 Å². The van der Waals surface area contributed by atoms with Gasteiger partial charge in [-0.3, -0.25) is 19.7 Å². The van der Waals surface area contributed by atoms with Gasteiger partial charge < -0.3 is 10.2 Å². The predicted octanol–water partition coefficient (Wildman–Crippen LogP) is 3.32. The van der Waals surface area contributed by atoms with Gasteiger partial charge in [0.05, 0.1) is 11.0 Å². The summed E-state index contributed by atoms with van der Waals surface area (Å²) in [4.78, 5) is 36.7. The quantitative estimate of drug-likeness (QED) is 0.598. The highest BCUT2D eigenvalue weighted by atomic mass is 16.6. The summed E-state index contributed by atoms with van der Waals surface area (Å²) < 4.78 is 0. The van der Waals surface area contributed by atoms with E-state index in [1.165, 1.54) is 17.0 Å². The summed E-state index contributed by atoms with van der Waals surface area (Å²) >= 11 is 0. The molecular weight excluding hydrogens is 346 g/mol. The summed E-state index contributed by atoms with van der Waals surface area (Å²) in [5.41, 5.74) is 1.21. The number of carbonyl (C=O) groups excluding carboxylic acids is 2. The van der Waals surface area contributed by atoms with Crippen LogP contribution in [0.15, 0.2) is 54.6 Å². The Labute approximate surface area is 158 Å². The average Bonchev–Trinajstić information content (AvgIpc) is 2.67. The summed E-state index contributed by atoms with van der Waals surface area (Å²) in [7, 11) is 1.65. The monoisotopic (exact) mass is 369 g/mol. The van der Waals surface area contributed by atoms with E-state index in [4.69, 9.17) is 0 Å². The van der Waals surface area contributed by atoms with Crippen LogP contribution in [0.5, 0.6) is 0 Å². The lowest BCUT2D eigenvalue weighted by molar-refractivity contribution is -0.384. The smallest absolute Gasteiger partial charge is 0.269 e. The third-order valence-electron chi connectivity index (χ3n) is 4.43. The maximum atomic E-state index is 12.5. The Morgan fingerprint density at radius 2 is 1.78 bits per heavy atom. The van der Waals surface area contributed by atoms with Crippen LogP contribution >= 0.6 is 0 Å². The number of benzene rings is 2. The van der Waals surface area contributed by atoms with Crippen molar-refractivity contribution >= 4 is 17.5 Å². The van der Waals surface area contributed by atoms with Crippen LogP contribution in [0.25, 0.3) is 0 Å². The van der Waals surface area contributed by atoms with E-state index in [1.54, 1.807) is 50.4 Å². The largest absolute Gasteiger partial charge is 0.349 e. The molecule has 0 saturated carbocycles. The van der Waals surface area contributed by atoms with E-state index >= 15 is 0 Å². The lowest BCUT2D eigenvalue weighted by Crippen LogP contribution is -2.38. The van der Waals surface area contributed by atoms with Gasteiger partial charge in [-0.1, -0.05) is 30.3 Å². The van der Waals surface area contributed by atoms with Crippen LogP contribution in [0, 0.1) is 10.1 Å². The molecule has 2 aromatic rings. The van der Waals surface area contributed by atoms with Gasteiger partial charge in [0.2, 0.25) is 5.91 Å². The van der Waals surface area contributed by atoms with Crippen molar-refractivity contribution in [3.8, 4) is 0 Å². The fraction of sp³-hybridized carbons (Fsp3) is 0.300. The molecule has 0 aliphatic carbocycles. The first-order valence-electron chi connectivity index (χ1n) is 8.65. The lowest BCUT2D eigenvalue weighted by atomic mass is 10.1. The van der Waals surface area contributed by atoms with Crippen molar-refractivity contribution in [2.75, 3.05) is 7.05 Å². The van der Waals surface area contributed by atoms with Crippen LogP contribution < -0.4 is 5.32 Å². The normalized spacial score (nSPS) is 12.7. The number of rotatable bonds is 7. The number of amides is 2. The second kappa shape index (κ2) is 8.93. The van der Waals surface area contributed by atoms with Crippen LogP contribution in [0.4, 0.5) is 5.69 Å². The van der Waals surface area contributed by atoms with Crippen molar-refractivity contribution in [1.82, 2.24) is 10.2 Å². The van der Waals surface area contributed by atoms with Gasteiger partial charge in [0.15, 0.2) is 0 Å². The minimum atomic E-state index is -0.459. The van der Waals surface area contributed by atoms with E-state index in [0.29, 0.717) is 11.1 Å². The molecule has 0 aromatic heterocycles. The van der Waals surface area contributed by atoms with Crippen LogP contribution in [0.2, 0.25) is 0 Å². The molecule has 0 aliphatic heterocycles. The fourth-order valence-electron chi connectivity index (χ4n) is 2.69. The van der Waals surface area contributed by atoms with Crippen LogP contribution in [-0.4, -0.2) is 34.7 Å². The average molecular weight is 369 g/mol. The maximum absolute atomic E-state index is 12.5. The van der Waals surface area contributed by atoms with Gasteiger partial charge >= 0.3 is 0 Å². The van der Waals surface area contributed by atoms with E-state index in [2.05, 4.69) is 5.32 Å². The second-order valence-corrected chi connectivity index (χ2v) is 6.48. The number of hydrogen-bond acceptors (Lipinski definition) is 4. The van der Waals surface area contributed by atoms with Crippen LogP contribution in [-0.2, 0) is 4.79 Å². The van der Waals surface area contributed by atoms with E-state index in [1.807, 2.05) is 13.0 Å². The predicted molar refractivity (Wildman–Crippen MR) is 102 cm³/mol. The van der Waals surface area contributed by atoms with Crippen LogP contribution in [0.3, 0.4) is 0 Å². The van der Waals surface area contributed by atoms with Crippen molar-refractivity contribution in [2.45, 2.75) is 32.4 Å². The van der Waals surface area contributed by atoms with E-state index in [0.717, 1.165) is 0 Å². The first kappa shape index (κ1) is 20.1. The Bertz CT molecular complexity index is 823. The summed E-state index contributed by atoms with van der Waals surface area (Å²) in [5, 5.41) is 13.7. The molecule has 1 N–H and O–H groups in total. The van der Waals surface area contributed by atoms with Gasteiger partial charge in [-0.25, -0.2) is 0 Å². The maximum Gasteiger partial charge on any atom is 0.269 e.